The first-order valence-electron chi connectivity index (χ1n) is 11.7. The van der Waals surface area contributed by atoms with Crippen molar-refractivity contribution < 1.29 is 26.4 Å². The Bertz CT molecular complexity index is 1250. The highest BCUT2D eigenvalue weighted by Gasteiger charge is 2.28. The summed E-state index contributed by atoms with van der Waals surface area (Å²) in [6.45, 7) is 4.38. The number of rotatable bonds is 8. The maximum Gasteiger partial charge on any atom is 0.243 e. The standard InChI is InChI=1S/C24H31N3O6S2/c1-19-9-11-26(12-10-19)34(29,30)22-7-5-21(6-8-22)25-18-24(28)20-3-2-4-23(17-20)35(31,32)27-13-15-33-16-14-27/h2-8,17,19,25H,9-16,18H2,1H3. The summed E-state index contributed by atoms with van der Waals surface area (Å²) < 4.78 is 59.6. The van der Waals surface area contributed by atoms with Gasteiger partial charge in [-0.15, -0.1) is 0 Å². The van der Waals surface area contributed by atoms with Crippen molar-refractivity contribution in [1.82, 2.24) is 8.61 Å². The highest BCUT2D eigenvalue weighted by Crippen LogP contribution is 2.24. The van der Waals surface area contributed by atoms with Crippen LogP contribution in [0.5, 0.6) is 0 Å². The van der Waals surface area contributed by atoms with Crippen LogP contribution in [-0.4, -0.2) is 77.2 Å². The first kappa shape index (κ1) is 25.8. The van der Waals surface area contributed by atoms with Gasteiger partial charge < -0.3 is 10.1 Å². The summed E-state index contributed by atoms with van der Waals surface area (Å²) in [6, 6.07) is 12.4. The number of carbonyl (C=O) groups is 1. The minimum Gasteiger partial charge on any atom is -0.379 e. The van der Waals surface area contributed by atoms with Crippen molar-refractivity contribution in [3.8, 4) is 0 Å². The van der Waals surface area contributed by atoms with Gasteiger partial charge >= 0.3 is 0 Å². The van der Waals surface area contributed by atoms with E-state index in [9.17, 15) is 21.6 Å². The normalized spacial score (nSPS) is 18.9. The highest BCUT2D eigenvalue weighted by molar-refractivity contribution is 7.89. The van der Waals surface area contributed by atoms with Crippen LogP contribution in [0.25, 0.3) is 0 Å². The Labute approximate surface area is 207 Å². The van der Waals surface area contributed by atoms with Crippen LogP contribution in [0.4, 0.5) is 5.69 Å². The molecular formula is C24H31N3O6S2. The Morgan fingerprint density at radius 3 is 2.14 bits per heavy atom. The molecule has 4 rings (SSSR count). The molecule has 190 valence electrons. The monoisotopic (exact) mass is 521 g/mol. The van der Waals surface area contributed by atoms with Crippen molar-refractivity contribution in [3.63, 3.8) is 0 Å². The number of carbonyl (C=O) groups excluding carboxylic acids is 1. The molecule has 11 heteroatoms. The van der Waals surface area contributed by atoms with Gasteiger partial charge in [-0.1, -0.05) is 19.1 Å². The van der Waals surface area contributed by atoms with Gasteiger partial charge in [-0.05, 0) is 55.2 Å². The van der Waals surface area contributed by atoms with Crippen molar-refractivity contribution >= 4 is 31.5 Å². The fraction of sp³-hybridized carbons (Fsp3) is 0.458. The molecule has 2 heterocycles. The van der Waals surface area contributed by atoms with Crippen LogP contribution in [0.3, 0.4) is 0 Å². The van der Waals surface area contributed by atoms with E-state index in [1.807, 2.05) is 0 Å². The largest absolute Gasteiger partial charge is 0.379 e. The van der Waals surface area contributed by atoms with E-state index in [4.69, 9.17) is 4.74 Å². The predicted octanol–water partition coefficient (Wildman–Crippen LogP) is 2.42. The van der Waals surface area contributed by atoms with Crippen LogP contribution in [0.15, 0.2) is 58.3 Å². The van der Waals surface area contributed by atoms with E-state index in [0.29, 0.717) is 37.9 Å². The summed E-state index contributed by atoms with van der Waals surface area (Å²) in [5.41, 5.74) is 0.881. The lowest BCUT2D eigenvalue weighted by Gasteiger charge is -2.29. The SMILES string of the molecule is CC1CCN(S(=O)(=O)c2ccc(NCC(=O)c3cccc(S(=O)(=O)N4CCOCC4)c3)cc2)CC1. The number of benzene rings is 2. The number of morpholine rings is 1. The molecule has 2 aliphatic rings. The van der Waals surface area contributed by atoms with Crippen molar-refractivity contribution in [2.45, 2.75) is 29.6 Å². The fourth-order valence-corrected chi connectivity index (χ4v) is 7.09. The first-order chi connectivity index (χ1) is 16.7. The van der Waals surface area contributed by atoms with Gasteiger partial charge in [0.1, 0.15) is 0 Å². The molecule has 0 aromatic heterocycles. The maximum absolute atomic E-state index is 12.9. The number of ether oxygens (including phenoxy) is 1. The maximum atomic E-state index is 12.9. The number of nitrogens with one attached hydrogen (secondary N) is 1. The van der Waals surface area contributed by atoms with Gasteiger partial charge in [0.15, 0.2) is 5.78 Å². The molecule has 0 unspecified atom stereocenters. The second-order valence-electron chi connectivity index (χ2n) is 8.93. The molecule has 2 fully saturated rings. The van der Waals surface area contributed by atoms with Gasteiger partial charge in [-0.2, -0.15) is 8.61 Å². The van der Waals surface area contributed by atoms with Crippen LogP contribution >= 0.6 is 0 Å². The van der Waals surface area contributed by atoms with E-state index in [1.165, 1.54) is 32.9 Å². The summed E-state index contributed by atoms with van der Waals surface area (Å²) in [5.74, 6) is 0.258. The van der Waals surface area contributed by atoms with Crippen molar-refractivity contribution in [1.29, 1.82) is 0 Å². The van der Waals surface area contributed by atoms with Gasteiger partial charge in [0, 0.05) is 37.4 Å². The molecule has 9 nitrogen and oxygen atoms in total. The highest BCUT2D eigenvalue weighted by atomic mass is 32.2. The molecule has 2 aromatic carbocycles. The molecule has 1 N–H and O–H groups in total. The molecule has 0 radical (unpaired) electrons. The average Bonchev–Trinajstić information content (AvgIpc) is 2.88. The molecule has 0 aliphatic carbocycles. The zero-order chi connectivity index (χ0) is 25.1. The van der Waals surface area contributed by atoms with E-state index in [2.05, 4.69) is 12.2 Å². The minimum atomic E-state index is -3.70. The number of nitrogens with zero attached hydrogens (tertiary/aromatic N) is 2. The zero-order valence-corrected chi connectivity index (χ0v) is 21.4. The Morgan fingerprint density at radius 2 is 1.49 bits per heavy atom. The van der Waals surface area contributed by atoms with E-state index in [-0.39, 0.29) is 40.8 Å². The molecule has 2 saturated heterocycles. The third-order valence-electron chi connectivity index (χ3n) is 6.45. The molecule has 0 atom stereocenters. The molecular weight excluding hydrogens is 490 g/mol. The molecule has 2 aliphatic heterocycles. The summed E-state index contributed by atoms with van der Waals surface area (Å²) in [6.07, 6.45) is 1.71. The van der Waals surface area contributed by atoms with Crippen LogP contribution < -0.4 is 5.32 Å². The summed E-state index contributed by atoms with van der Waals surface area (Å²) in [4.78, 5) is 13.0. The summed E-state index contributed by atoms with van der Waals surface area (Å²) in [7, 11) is -7.23. The lowest BCUT2D eigenvalue weighted by Crippen LogP contribution is -2.40. The molecule has 0 bridgehead atoms. The van der Waals surface area contributed by atoms with Gasteiger partial charge in [-0.25, -0.2) is 16.8 Å². The van der Waals surface area contributed by atoms with E-state index in [0.717, 1.165) is 12.8 Å². The van der Waals surface area contributed by atoms with Gasteiger partial charge in [0.05, 0.1) is 29.5 Å². The number of piperidine rings is 1. The van der Waals surface area contributed by atoms with E-state index in [1.54, 1.807) is 24.3 Å². The van der Waals surface area contributed by atoms with Gasteiger partial charge in [0.25, 0.3) is 0 Å². The molecule has 35 heavy (non-hydrogen) atoms. The van der Waals surface area contributed by atoms with Crippen molar-refractivity contribution in [2.24, 2.45) is 5.92 Å². The predicted molar refractivity (Wildman–Crippen MR) is 132 cm³/mol. The second-order valence-corrected chi connectivity index (χ2v) is 12.8. The van der Waals surface area contributed by atoms with E-state index < -0.39 is 20.0 Å². The van der Waals surface area contributed by atoms with Crippen LogP contribution in [0.2, 0.25) is 0 Å². The summed E-state index contributed by atoms with van der Waals surface area (Å²) in [5, 5.41) is 2.99. The third-order valence-corrected chi connectivity index (χ3v) is 10.3. The third kappa shape index (κ3) is 5.92. The summed E-state index contributed by atoms with van der Waals surface area (Å²) >= 11 is 0. The smallest absolute Gasteiger partial charge is 0.243 e. The Morgan fingerprint density at radius 1 is 0.886 bits per heavy atom. The van der Waals surface area contributed by atoms with Crippen molar-refractivity contribution in [3.05, 3.63) is 54.1 Å². The number of Topliss-reactive ketones (excluding diaryl/α,β-unsaturated/α-hetero) is 1. The van der Waals surface area contributed by atoms with Crippen LogP contribution in [0, 0.1) is 5.92 Å². The zero-order valence-electron chi connectivity index (χ0n) is 19.7. The average molecular weight is 522 g/mol. The molecule has 0 spiro atoms. The number of ketones is 1. The Kier molecular flexibility index (Phi) is 7.92. The number of hydrogen-bond acceptors (Lipinski definition) is 7. The minimum absolute atomic E-state index is 0.0584. The van der Waals surface area contributed by atoms with Crippen LogP contribution in [-0.2, 0) is 24.8 Å². The number of hydrogen-bond donors (Lipinski definition) is 1. The second kappa shape index (κ2) is 10.8. The number of anilines is 1. The van der Waals surface area contributed by atoms with E-state index >= 15 is 0 Å². The van der Waals surface area contributed by atoms with Crippen LogP contribution in [0.1, 0.15) is 30.1 Å². The molecule has 0 saturated carbocycles. The lowest BCUT2D eigenvalue weighted by atomic mass is 10.0. The van der Waals surface area contributed by atoms with Crippen molar-refractivity contribution in [2.75, 3.05) is 51.3 Å². The lowest BCUT2D eigenvalue weighted by molar-refractivity contribution is 0.0730. The van der Waals surface area contributed by atoms with Gasteiger partial charge in [-0.3, -0.25) is 4.79 Å². The molecule has 2 aromatic rings. The topological polar surface area (TPSA) is 113 Å². The number of sulfonamides is 2. The quantitative estimate of drug-likeness (QED) is 0.531. The van der Waals surface area contributed by atoms with Gasteiger partial charge in [0.2, 0.25) is 20.0 Å². The Hall–Kier alpha value is -2.31. The molecule has 0 amide bonds. The Balaban J connectivity index is 1.39. The first-order valence-corrected chi connectivity index (χ1v) is 14.6. The fourth-order valence-electron chi connectivity index (χ4n) is 4.17.